The highest BCUT2D eigenvalue weighted by atomic mass is 16.5. The van der Waals surface area contributed by atoms with Crippen LogP contribution in [0.4, 0.5) is 0 Å². The van der Waals surface area contributed by atoms with E-state index in [1.807, 2.05) is 31.2 Å². The van der Waals surface area contributed by atoms with Gasteiger partial charge in [-0.3, -0.25) is 4.79 Å². The number of nitrogens with one attached hydrogen (secondary N) is 1. The van der Waals surface area contributed by atoms with Gasteiger partial charge in [-0.05, 0) is 44.2 Å². The third-order valence-corrected chi connectivity index (χ3v) is 3.72. The maximum absolute atomic E-state index is 12.0. The van der Waals surface area contributed by atoms with Gasteiger partial charge in [0.2, 0.25) is 5.91 Å². The largest absolute Gasteiger partial charge is 0.494 e. The molecule has 0 saturated carbocycles. The average molecular weight is 305 g/mol. The van der Waals surface area contributed by atoms with Gasteiger partial charge < -0.3 is 10.1 Å². The summed E-state index contributed by atoms with van der Waals surface area (Å²) in [6, 6.07) is 8.21. The first-order chi connectivity index (χ1) is 10.5. The maximum atomic E-state index is 12.0. The zero-order valence-corrected chi connectivity index (χ0v) is 14.5. The van der Waals surface area contributed by atoms with Gasteiger partial charge in [0.05, 0.1) is 6.61 Å². The van der Waals surface area contributed by atoms with Gasteiger partial charge in [0, 0.05) is 12.5 Å². The predicted octanol–water partition coefficient (Wildman–Crippen LogP) is 4.35. The minimum absolute atomic E-state index is 0.128. The highest BCUT2D eigenvalue weighted by Crippen LogP contribution is 2.19. The Morgan fingerprint density at radius 2 is 1.91 bits per heavy atom. The summed E-state index contributed by atoms with van der Waals surface area (Å²) in [6.45, 7) is 9.18. The van der Waals surface area contributed by atoms with Gasteiger partial charge in [-0.2, -0.15) is 0 Å². The van der Waals surface area contributed by atoms with Gasteiger partial charge >= 0.3 is 0 Å². The number of hydrogen-bond donors (Lipinski definition) is 1. The maximum Gasteiger partial charge on any atom is 0.220 e. The number of rotatable bonds is 10. The van der Waals surface area contributed by atoms with Crippen LogP contribution in [0, 0.1) is 5.92 Å². The van der Waals surface area contributed by atoms with Crippen LogP contribution in [0.3, 0.4) is 0 Å². The molecule has 3 nitrogen and oxygen atoms in total. The van der Waals surface area contributed by atoms with Gasteiger partial charge in [0.15, 0.2) is 0 Å². The van der Waals surface area contributed by atoms with E-state index < -0.39 is 0 Å². The molecule has 1 amide bonds. The van der Waals surface area contributed by atoms with Crippen molar-refractivity contribution in [2.75, 3.05) is 6.61 Å². The number of ether oxygens (including phenoxy) is 1. The minimum Gasteiger partial charge on any atom is -0.494 e. The molecule has 0 fully saturated rings. The molecule has 1 N–H and O–H groups in total. The van der Waals surface area contributed by atoms with Crippen molar-refractivity contribution >= 4 is 5.91 Å². The lowest BCUT2D eigenvalue weighted by molar-refractivity contribution is -0.121. The Labute approximate surface area is 135 Å². The number of aryl methyl sites for hydroxylation is 1. The van der Waals surface area contributed by atoms with Crippen LogP contribution in [0.5, 0.6) is 5.75 Å². The second-order valence-electron chi connectivity index (χ2n) is 6.33. The van der Waals surface area contributed by atoms with E-state index >= 15 is 0 Å². The van der Waals surface area contributed by atoms with Crippen LogP contribution < -0.4 is 10.1 Å². The van der Waals surface area contributed by atoms with Crippen molar-refractivity contribution in [1.82, 2.24) is 5.32 Å². The quantitative estimate of drug-likeness (QED) is 0.698. The molecule has 0 spiro atoms. The van der Waals surface area contributed by atoms with Gasteiger partial charge in [-0.25, -0.2) is 0 Å². The third-order valence-electron chi connectivity index (χ3n) is 3.72. The van der Waals surface area contributed by atoms with E-state index in [2.05, 4.69) is 26.1 Å². The summed E-state index contributed by atoms with van der Waals surface area (Å²) < 4.78 is 5.59. The second-order valence-corrected chi connectivity index (χ2v) is 6.33. The first kappa shape index (κ1) is 18.5. The number of benzene rings is 1. The summed E-state index contributed by atoms with van der Waals surface area (Å²) in [5, 5.41) is 3.10. The Bertz CT molecular complexity index is 443. The minimum atomic E-state index is 0.128. The van der Waals surface area contributed by atoms with E-state index in [9.17, 15) is 4.79 Å². The fraction of sp³-hybridized carbons (Fsp3) is 0.632. The number of para-hydroxylation sites is 1. The van der Waals surface area contributed by atoms with E-state index in [-0.39, 0.29) is 11.9 Å². The number of carbonyl (C=O) groups is 1. The van der Waals surface area contributed by atoms with Crippen molar-refractivity contribution in [1.29, 1.82) is 0 Å². The zero-order chi connectivity index (χ0) is 16.4. The van der Waals surface area contributed by atoms with E-state index in [0.29, 0.717) is 13.0 Å². The molecule has 0 aromatic heterocycles. The number of amides is 1. The molecular formula is C19H31NO2. The lowest BCUT2D eigenvalue weighted by Crippen LogP contribution is -2.32. The van der Waals surface area contributed by atoms with E-state index in [4.69, 9.17) is 4.74 Å². The molecular weight excluding hydrogens is 274 g/mol. The zero-order valence-electron chi connectivity index (χ0n) is 14.5. The van der Waals surface area contributed by atoms with E-state index in [1.165, 1.54) is 12.8 Å². The summed E-state index contributed by atoms with van der Waals surface area (Å²) in [5.41, 5.74) is 1.10. The molecule has 3 heteroatoms. The Hall–Kier alpha value is -1.51. The van der Waals surface area contributed by atoms with Crippen molar-refractivity contribution < 1.29 is 9.53 Å². The lowest BCUT2D eigenvalue weighted by atomic mass is 10.0. The van der Waals surface area contributed by atoms with E-state index in [0.717, 1.165) is 30.1 Å². The van der Waals surface area contributed by atoms with E-state index in [1.54, 1.807) is 0 Å². The normalized spacial score (nSPS) is 12.2. The van der Waals surface area contributed by atoms with Crippen molar-refractivity contribution in [3.63, 3.8) is 0 Å². The summed E-state index contributed by atoms with van der Waals surface area (Å²) in [6.07, 6.45) is 4.69. The average Bonchev–Trinajstić information content (AvgIpc) is 2.46. The molecule has 0 aliphatic rings. The van der Waals surface area contributed by atoms with Gasteiger partial charge in [-0.1, -0.05) is 44.9 Å². The first-order valence-electron chi connectivity index (χ1n) is 8.53. The molecule has 1 aromatic carbocycles. The molecule has 0 aliphatic heterocycles. The highest BCUT2D eigenvalue weighted by Gasteiger charge is 2.09. The van der Waals surface area contributed by atoms with Crippen molar-refractivity contribution in [3.05, 3.63) is 29.8 Å². The standard InChI is InChI=1S/C19H31NO2/c1-5-22-18-12-7-6-11-17(18)13-14-19(21)20-16(4)10-8-9-15(2)3/h6-7,11-12,15-16H,5,8-10,13-14H2,1-4H3,(H,20,21). The van der Waals surface area contributed by atoms with Crippen LogP contribution in [0.15, 0.2) is 24.3 Å². The predicted molar refractivity (Wildman–Crippen MR) is 92.2 cm³/mol. The molecule has 0 bridgehead atoms. The summed E-state index contributed by atoms with van der Waals surface area (Å²) >= 11 is 0. The third kappa shape index (κ3) is 7.48. The van der Waals surface area contributed by atoms with Crippen LogP contribution >= 0.6 is 0 Å². The second kappa shape index (κ2) is 10.3. The molecule has 0 aliphatic carbocycles. The van der Waals surface area contributed by atoms with Crippen LogP contribution in [0.25, 0.3) is 0 Å². The first-order valence-corrected chi connectivity index (χ1v) is 8.53. The van der Waals surface area contributed by atoms with Crippen molar-refractivity contribution in [2.45, 2.75) is 65.8 Å². The molecule has 0 heterocycles. The van der Waals surface area contributed by atoms with Crippen LogP contribution in [-0.2, 0) is 11.2 Å². The molecule has 0 saturated heterocycles. The molecule has 22 heavy (non-hydrogen) atoms. The highest BCUT2D eigenvalue weighted by molar-refractivity contribution is 5.76. The Balaban J connectivity index is 2.33. The van der Waals surface area contributed by atoms with Gasteiger partial charge in [0.25, 0.3) is 0 Å². The molecule has 1 unspecified atom stereocenters. The van der Waals surface area contributed by atoms with Gasteiger partial charge in [-0.15, -0.1) is 0 Å². The smallest absolute Gasteiger partial charge is 0.220 e. The molecule has 0 radical (unpaired) electrons. The van der Waals surface area contributed by atoms with Crippen LogP contribution in [-0.4, -0.2) is 18.6 Å². The number of carbonyl (C=O) groups excluding carboxylic acids is 1. The molecule has 1 aromatic rings. The van der Waals surface area contributed by atoms with Gasteiger partial charge in [0.1, 0.15) is 5.75 Å². The molecule has 1 atom stereocenters. The Morgan fingerprint density at radius 3 is 2.59 bits per heavy atom. The number of hydrogen-bond acceptors (Lipinski definition) is 2. The lowest BCUT2D eigenvalue weighted by Gasteiger charge is -2.15. The molecule has 124 valence electrons. The molecule has 1 rings (SSSR count). The summed E-state index contributed by atoms with van der Waals surface area (Å²) in [5.74, 6) is 1.75. The topological polar surface area (TPSA) is 38.3 Å². The van der Waals surface area contributed by atoms with Crippen molar-refractivity contribution in [2.24, 2.45) is 5.92 Å². The summed E-state index contributed by atoms with van der Waals surface area (Å²) in [7, 11) is 0. The fourth-order valence-electron chi connectivity index (χ4n) is 2.51. The summed E-state index contributed by atoms with van der Waals surface area (Å²) in [4.78, 5) is 12.0. The van der Waals surface area contributed by atoms with Crippen LogP contribution in [0.2, 0.25) is 0 Å². The van der Waals surface area contributed by atoms with Crippen LogP contribution in [0.1, 0.15) is 58.9 Å². The fourth-order valence-corrected chi connectivity index (χ4v) is 2.51. The SMILES string of the molecule is CCOc1ccccc1CCC(=O)NC(C)CCCC(C)C. The monoisotopic (exact) mass is 305 g/mol. The Kier molecular flexibility index (Phi) is 8.64. The van der Waals surface area contributed by atoms with Crippen molar-refractivity contribution in [3.8, 4) is 5.75 Å². The Morgan fingerprint density at radius 1 is 1.18 bits per heavy atom.